The lowest BCUT2D eigenvalue weighted by molar-refractivity contribution is 0.0939. The fourth-order valence-electron chi connectivity index (χ4n) is 1.73. The summed E-state index contributed by atoms with van der Waals surface area (Å²) in [5.41, 5.74) is 0.371. The third-order valence-electron chi connectivity index (χ3n) is 2.94. The molecule has 0 unspecified atom stereocenters. The minimum atomic E-state index is -3.71. The largest absolute Gasteiger partial charge is 0.495 e. The second kappa shape index (κ2) is 7.04. The van der Waals surface area contributed by atoms with Crippen molar-refractivity contribution in [2.24, 2.45) is 11.8 Å². The third kappa shape index (κ3) is 4.54. The standard InChI is InChI=1S/C15H23NO4S/c1-10(2)9-16-21(18,19)14-8-12(15(17)11(3)4)6-7-13(14)20-5/h6-8,10-11,16H,9H2,1-5H3. The van der Waals surface area contributed by atoms with Crippen molar-refractivity contribution in [1.82, 2.24) is 4.72 Å². The Balaban J connectivity index is 3.26. The smallest absolute Gasteiger partial charge is 0.244 e. The molecule has 0 aromatic heterocycles. The maximum absolute atomic E-state index is 12.4. The second-order valence-corrected chi connectivity index (χ2v) is 7.37. The van der Waals surface area contributed by atoms with E-state index >= 15 is 0 Å². The van der Waals surface area contributed by atoms with E-state index < -0.39 is 10.0 Å². The van der Waals surface area contributed by atoms with Crippen LogP contribution >= 0.6 is 0 Å². The second-order valence-electron chi connectivity index (χ2n) is 5.63. The number of carbonyl (C=O) groups excluding carboxylic acids is 1. The van der Waals surface area contributed by atoms with Crippen LogP contribution in [0, 0.1) is 11.8 Å². The van der Waals surface area contributed by atoms with E-state index in [1.165, 1.54) is 19.2 Å². The van der Waals surface area contributed by atoms with Crippen molar-refractivity contribution < 1.29 is 17.9 Å². The van der Waals surface area contributed by atoms with Gasteiger partial charge in [-0.2, -0.15) is 0 Å². The molecule has 0 aliphatic rings. The summed E-state index contributed by atoms with van der Waals surface area (Å²) in [5, 5.41) is 0. The first-order chi connectivity index (χ1) is 9.69. The molecule has 0 saturated carbocycles. The van der Waals surface area contributed by atoms with Crippen LogP contribution in [0.5, 0.6) is 5.75 Å². The Labute approximate surface area is 126 Å². The molecule has 0 aliphatic carbocycles. The van der Waals surface area contributed by atoms with E-state index in [9.17, 15) is 13.2 Å². The van der Waals surface area contributed by atoms with E-state index in [2.05, 4.69) is 4.72 Å². The van der Waals surface area contributed by atoms with E-state index in [1.54, 1.807) is 19.9 Å². The van der Waals surface area contributed by atoms with Crippen LogP contribution in [0.15, 0.2) is 23.1 Å². The van der Waals surface area contributed by atoms with Crippen molar-refractivity contribution in [1.29, 1.82) is 0 Å². The van der Waals surface area contributed by atoms with Crippen LogP contribution in [0.4, 0.5) is 0 Å². The van der Waals surface area contributed by atoms with E-state index in [1.807, 2.05) is 13.8 Å². The molecule has 1 N–H and O–H groups in total. The quantitative estimate of drug-likeness (QED) is 0.785. The summed E-state index contributed by atoms with van der Waals surface area (Å²) in [7, 11) is -2.30. The van der Waals surface area contributed by atoms with Gasteiger partial charge in [0.05, 0.1) is 7.11 Å². The molecule has 21 heavy (non-hydrogen) atoms. The van der Waals surface area contributed by atoms with Crippen molar-refractivity contribution in [2.45, 2.75) is 32.6 Å². The molecule has 0 amide bonds. The van der Waals surface area contributed by atoms with Crippen LogP contribution in [0.1, 0.15) is 38.1 Å². The van der Waals surface area contributed by atoms with Gasteiger partial charge < -0.3 is 4.74 Å². The summed E-state index contributed by atoms with van der Waals surface area (Å²) in [6, 6.07) is 4.48. The number of ether oxygens (including phenoxy) is 1. The Bertz CT molecular complexity index is 606. The highest BCUT2D eigenvalue weighted by Crippen LogP contribution is 2.26. The zero-order valence-electron chi connectivity index (χ0n) is 13.1. The summed E-state index contributed by atoms with van der Waals surface area (Å²) < 4.78 is 32.3. The molecule has 0 fully saturated rings. The fourth-order valence-corrected chi connectivity index (χ4v) is 3.13. The molecule has 0 atom stereocenters. The van der Waals surface area contributed by atoms with Gasteiger partial charge in [0.1, 0.15) is 10.6 Å². The lowest BCUT2D eigenvalue weighted by atomic mass is 10.0. The van der Waals surface area contributed by atoms with Crippen molar-refractivity contribution in [3.05, 3.63) is 23.8 Å². The molecule has 1 aromatic rings. The molecule has 6 heteroatoms. The Morgan fingerprint density at radius 1 is 1.24 bits per heavy atom. The maximum Gasteiger partial charge on any atom is 0.244 e. The number of methoxy groups -OCH3 is 1. The number of sulfonamides is 1. The number of Topliss-reactive ketones (excluding diaryl/α,β-unsaturated/α-hetero) is 1. The van der Waals surface area contributed by atoms with Gasteiger partial charge in [0.25, 0.3) is 0 Å². The molecule has 0 radical (unpaired) electrons. The SMILES string of the molecule is COc1ccc(C(=O)C(C)C)cc1S(=O)(=O)NCC(C)C. The first kappa shape index (κ1) is 17.7. The van der Waals surface area contributed by atoms with Gasteiger partial charge in [-0.15, -0.1) is 0 Å². The number of carbonyl (C=O) groups is 1. The molecule has 0 spiro atoms. The summed E-state index contributed by atoms with van der Waals surface area (Å²) in [4.78, 5) is 12.0. The van der Waals surface area contributed by atoms with Gasteiger partial charge in [-0.1, -0.05) is 27.7 Å². The summed E-state index contributed by atoms with van der Waals surface area (Å²) in [6.45, 7) is 7.71. The van der Waals surface area contributed by atoms with Crippen molar-refractivity contribution in [3.8, 4) is 5.75 Å². The lowest BCUT2D eigenvalue weighted by Crippen LogP contribution is -2.28. The van der Waals surface area contributed by atoms with Crippen molar-refractivity contribution in [3.63, 3.8) is 0 Å². The molecule has 118 valence electrons. The minimum absolute atomic E-state index is 0.00264. The number of benzene rings is 1. The molecule has 0 bridgehead atoms. The monoisotopic (exact) mass is 313 g/mol. The van der Waals surface area contributed by atoms with Crippen LogP contribution < -0.4 is 9.46 Å². The first-order valence-electron chi connectivity index (χ1n) is 6.91. The Kier molecular flexibility index (Phi) is 5.92. The normalized spacial score (nSPS) is 12.0. The molecule has 0 heterocycles. The van der Waals surface area contributed by atoms with Gasteiger partial charge in [-0.05, 0) is 24.1 Å². The average molecular weight is 313 g/mol. The fraction of sp³-hybridized carbons (Fsp3) is 0.533. The predicted octanol–water partition coefficient (Wildman–Crippen LogP) is 2.47. The van der Waals surface area contributed by atoms with Gasteiger partial charge in [-0.3, -0.25) is 4.79 Å². The number of ketones is 1. The third-order valence-corrected chi connectivity index (χ3v) is 4.39. The molecular formula is C15H23NO4S. The van der Waals surface area contributed by atoms with Gasteiger partial charge in [0, 0.05) is 18.0 Å². The summed E-state index contributed by atoms with van der Waals surface area (Å²) in [6.07, 6.45) is 0. The topological polar surface area (TPSA) is 72.5 Å². The number of hydrogen-bond donors (Lipinski definition) is 1. The van der Waals surface area contributed by atoms with Crippen molar-refractivity contribution >= 4 is 15.8 Å². The van der Waals surface area contributed by atoms with Crippen LogP contribution in [-0.2, 0) is 10.0 Å². The van der Waals surface area contributed by atoms with Crippen LogP contribution in [-0.4, -0.2) is 27.9 Å². The summed E-state index contributed by atoms with van der Waals surface area (Å²) in [5.74, 6) is 0.119. The Morgan fingerprint density at radius 3 is 2.33 bits per heavy atom. The van der Waals surface area contributed by atoms with Crippen molar-refractivity contribution in [2.75, 3.05) is 13.7 Å². The number of rotatable bonds is 7. The first-order valence-corrected chi connectivity index (χ1v) is 8.39. The molecule has 5 nitrogen and oxygen atoms in total. The Morgan fingerprint density at radius 2 is 1.86 bits per heavy atom. The van der Waals surface area contributed by atoms with Crippen LogP contribution in [0.25, 0.3) is 0 Å². The zero-order chi connectivity index (χ0) is 16.2. The highest BCUT2D eigenvalue weighted by molar-refractivity contribution is 7.89. The Hall–Kier alpha value is -1.40. The van der Waals surface area contributed by atoms with Crippen LogP contribution in [0.3, 0.4) is 0 Å². The maximum atomic E-state index is 12.4. The van der Waals surface area contributed by atoms with Gasteiger partial charge in [0.2, 0.25) is 10.0 Å². The molecule has 0 saturated heterocycles. The minimum Gasteiger partial charge on any atom is -0.495 e. The van der Waals surface area contributed by atoms with Gasteiger partial charge in [0.15, 0.2) is 5.78 Å². The molecule has 1 rings (SSSR count). The van der Waals surface area contributed by atoms with Gasteiger partial charge >= 0.3 is 0 Å². The molecular weight excluding hydrogens is 290 g/mol. The van der Waals surface area contributed by atoms with E-state index in [0.717, 1.165) is 0 Å². The lowest BCUT2D eigenvalue weighted by Gasteiger charge is -2.14. The van der Waals surface area contributed by atoms with E-state index in [-0.39, 0.29) is 28.3 Å². The van der Waals surface area contributed by atoms with Gasteiger partial charge in [-0.25, -0.2) is 13.1 Å². The number of nitrogens with one attached hydrogen (secondary N) is 1. The highest BCUT2D eigenvalue weighted by Gasteiger charge is 2.22. The van der Waals surface area contributed by atoms with E-state index in [0.29, 0.717) is 12.1 Å². The molecule has 0 aliphatic heterocycles. The van der Waals surface area contributed by atoms with Crippen LogP contribution in [0.2, 0.25) is 0 Å². The highest BCUT2D eigenvalue weighted by atomic mass is 32.2. The number of hydrogen-bond acceptors (Lipinski definition) is 4. The predicted molar refractivity (Wildman–Crippen MR) is 82.2 cm³/mol. The average Bonchev–Trinajstić information content (AvgIpc) is 2.43. The van der Waals surface area contributed by atoms with E-state index in [4.69, 9.17) is 4.74 Å². The molecule has 1 aromatic carbocycles. The summed E-state index contributed by atoms with van der Waals surface area (Å²) >= 11 is 0. The zero-order valence-corrected chi connectivity index (χ0v) is 14.0.